The second-order valence-corrected chi connectivity index (χ2v) is 6.44. The van der Waals surface area contributed by atoms with Crippen LogP contribution in [0.3, 0.4) is 0 Å². The summed E-state index contributed by atoms with van der Waals surface area (Å²) in [5, 5.41) is 0. The van der Waals surface area contributed by atoms with Crippen LogP contribution in [0.4, 0.5) is 11.6 Å². The molecule has 0 unspecified atom stereocenters. The zero-order valence-corrected chi connectivity index (χ0v) is 16.6. The number of aryl methyl sites for hydroxylation is 1. The lowest BCUT2D eigenvalue weighted by Gasteiger charge is -2.36. The summed E-state index contributed by atoms with van der Waals surface area (Å²) in [6, 6.07) is 4.27. The Morgan fingerprint density at radius 3 is 2.14 bits per heavy atom. The smallest absolute Gasteiger partial charge is 0.318 e. The van der Waals surface area contributed by atoms with E-state index >= 15 is 0 Å². The highest BCUT2D eigenvalue weighted by Crippen LogP contribution is 2.19. The van der Waals surface area contributed by atoms with Gasteiger partial charge in [-0.2, -0.15) is 4.98 Å². The lowest BCUT2D eigenvalue weighted by molar-refractivity contribution is 0.141. The summed E-state index contributed by atoms with van der Waals surface area (Å²) in [5.41, 5.74) is 0. The summed E-state index contributed by atoms with van der Waals surface area (Å²) in [6.45, 7) is 5.14. The maximum absolute atomic E-state index is 5.51. The van der Waals surface area contributed by atoms with Gasteiger partial charge in [0.15, 0.2) is 0 Å². The van der Waals surface area contributed by atoms with Gasteiger partial charge in [0.05, 0.1) is 6.61 Å². The third-order valence-electron chi connectivity index (χ3n) is 4.50. The minimum atomic E-state index is 0.383. The number of methoxy groups -OCH3 is 2. The van der Waals surface area contributed by atoms with E-state index in [1.807, 2.05) is 18.3 Å². The Morgan fingerprint density at radius 2 is 1.46 bits per heavy atom. The molecule has 0 N–H and O–H groups in total. The second-order valence-electron chi connectivity index (χ2n) is 6.44. The number of nitrogens with zero attached hydrogens (tertiary/aromatic N) is 6. The number of hydrogen-bond acceptors (Lipinski definition) is 9. The monoisotopic (exact) mass is 388 g/mol. The Bertz CT molecular complexity index is 663. The molecule has 0 aliphatic carbocycles. The minimum absolute atomic E-state index is 0.383. The molecule has 9 heteroatoms. The van der Waals surface area contributed by atoms with E-state index in [1.165, 1.54) is 0 Å². The fourth-order valence-electron chi connectivity index (χ4n) is 3.02. The van der Waals surface area contributed by atoms with Crippen molar-refractivity contribution in [2.75, 3.05) is 70.0 Å². The largest absolute Gasteiger partial charge is 0.461 e. The molecule has 0 amide bonds. The molecule has 1 aliphatic rings. The van der Waals surface area contributed by atoms with Gasteiger partial charge in [-0.05, 0) is 18.6 Å². The van der Waals surface area contributed by atoms with Gasteiger partial charge >= 0.3 is 6.01 Å². The Kier molecular flexibility index (Phi) is 7.74. The highest BCUT2D eigenvalue weighted by Gasteiger charge is 2.20. The molecule has 9 nitrogen and oxygen atoms in total. The molecule has 2 aromatic rings. The average molecular weight is 388 g/mol. The molecule has 0 atom stereocenters. The first kappa shape index (κ1) is 20.2. The maximum Gasteiger partial charge on any atom is 0.318 e. The summed E-state index contributed by atoms with van der Waals surface area (Å²) < 4.78 is 15.6. The van der Waals surface area contributed by atoms with Gasteiger partial charge in [0.1, 0.15) is 24.1 Å². The topological polar surface area (TPSA) is 85.7 Å². The molecule has 1 fully saturated rings. The summed E-state index contributed by atoms with van der Waals surface area (Å²) in [5.74, 6) is 2.73. The molecule has 0 bridgehead atoms. The molecule has 152 valence electrons. The first-order valence-corrected chi connectivity index (χ1v) is 9.55. The average Bonchev–Trinajstić information content (AvgIpc) is 2.75. The van der Waals surface area contributed by atoms with Crippen molar-refractivity contribution in [2.24, 2.45) is 0 Å². The lowest BCUT2D eigenvalue weighted by atomic mass is 10.3. The molecule has 1 saturated heterocycles. The van der Waals surface area contributed by atoms with Crippen molar-refractivity contribution in [2.45, 2.75) is 12.8 Å². The van der Waals surface area contributed by atoms with Crippen LogP contribution in [0.15, 0.2) is 24.5 Å². The van der Waals surface area contributed by atoms with Crippen LogP contribution in [0.5, 0.6) is 6.01 Å². The van der Waals surface area contributed by atoms with Crippen LogP contribution in [-0.4, -0.2) is 80.2 Å². The fraction of sp³-hybridized carbons (Fsp3) is 0.579. The van der Waals surface area contributed by atoms with E-state index in [0.717, 1.165) is 63.1 Å². The molecule has 1 aliphatic heterocycles. The van der Waals surface area contributed by atoms with Crippen molar-refractivity contribution >= 4 is 11.6 Å². The zero-order valence-electron chi connectivity index (χ0n) is 16.6. The normalized spacial score (nSPS) is 14.4. The van der Waals surface area contributed by atoms with Gasteiger partial charge in [-0.1, -0.05) is 0 Å². The Morgan fingerprint density at radius 1 is 0.821 bits per heavy atom. The number of aromatic nitrogens is 4. The molecule has 0 aromatic carbocycles. The Labute approximate surface area is 165 Å². The van der Waals surface area contributed by atoms with E-state index in [2.05, 4.69) is 24.8 Å². The second kappa shape index (κ2) is 10.7. The van der Waals surface area contributed by atoms with Crippen LogP contribution >= 0.6 is 0 Å². The zero-order chi connectivity index (χ0) is 19.6. The SMILES string of the molecule is COCCCc1nccc(N2CCN(c3ccnc(OCCOC)n3)CC2)n1. The van der Waals surface area contributed by atoms with E-state index in [9.17, 15) is 0 Å². The first-order chi connectivity index (χ1) is 13.8. The number of piperazine rings is 1. The van der Waals surface area contributed by atoms with Gasteiger partial charge < -0.3 is 24.0 Å². The summed E-state index contributed by atoms with van der Waals surface area (Å²) in [7, 11) is 3.35. The molecule has 3 rings (SSSR count). The van der Waals surface area contributed by atoms with Gasteiger partial charge in [0.2, 0.25) is 0 Å². The minimum Gasteiger partial charge on any atom is -0.461 e. The van der Waals surface area contributed by atoms with Crippen LogP contribution in [-0.2, 0) is 15.9 Å². The third-order valence-corrected chi connectivity index (χ3v) is 4.50. The summed E-state index contributed by atoms with van der Waals surface area (Å²) in [6.07, 6.45) is 5.32. The van der Waals surface area contributed by atoms with Crippen LogP contribution in [0.1, 0.15) is 12.2 Å². The van der Waals surface area contributed by atoms with Gasteiger partial charge in [-0.15, -0.1) is 0 Å². The van der Waals surface area contributed by atoms with Gasteiger partial charge in [-0.25, -0.2) is 15.0 Å². The third kappa shape index (κ3) is 5.74. The van der Waals surface area contributed by atoms with Crippen molar-refractivity contribution < 1.29 is 14.2 Å². The molecule has 0 spiro atoms. The summed E-state index contributed by atoms with van der Waals surface area (Å²) >= 11 is 0. The fourth-order valence-corrected chi connectivity index (χ4v) is 3.02. The van der Waals surface area contributed by atoms with E-state index in [-0.39, 0.29) is 0 Å². The number of ether oxygens (including phenoxy) is 3. The Hall–Kier alpha value is -2.52. The van der Waals surface area contributed by atoms with Crippen LogP contribution in [0.25, 0.3) is 0 Å². The lowest BCUT2D eigenvalue weighted by Crippen LogP contribution is -2.47. The molecule has 0 saturated carbocycles. The number of anilines is 2. The van der Waals surface area contributed by atoms with E-state index in [4.69, 9.17) is 19.2 Å². The van der Waals surface area contributed by atoms with Crippen molar-refractivity contribution in [1.82, 2.24) is 19.9 Å². The number of rotatable bonds is 10. The van der Waals surface area contributed by atoms with Crippen LogP contribution in [0.2, 0.25) is 0 Å². The van der Waals surface area contributed by atoms with Crippen molar-refractivity contribution in [1.29, 1.82) is 0 Å². The highest BCUT2D eigenvalue weighted by molar-refractivity contribution is 5.44. The van der Waals surface area contributed by atoms with Crippen LogP contribution < -0.4 is 14.5 Å². The highest BCUT2D eigenvalue weighted by atomic mass is 16.5. The molecular weight excluding hydrogens is 360 g/mol. The maximum atomic E-state index is 5.51. The van der Waals surface area contributed by atoms with E-state index < -0.39 is 0 Å². The predicted molar refractivity (Wildman–Crippen MR) is 106 cm³/mol. The van der Waals surface area contributed by atoms with Crippen molar-refractivity contribution in [3.63, 3.8) is 0 Å². The summed E-state index contributed by atoms with van der Waals surface area (Å²) in [4.78, 5) is 22.3. The molecule has 0 radical (unpaired) electrons. The number of hydrogen-bond donors (Lipinski definition) is 0. The van der Waals surface area contributed by atoms with E-state index in [0.29, 0.717) is 19.2 Å². The van der Waals surface area contributed by atoms with E-state index in [1.54, 1.807) is 20.4 Å². The standard InChI is InChI=1S/C19H28N6O3/c1-26-13-3-4-16-20-7-5-17(22-16)24-9-11-25(12-10-24)18-6-8-21-19(23-18)28-15-14-27-2/h5-8H,3-4,9-15H2,1-2H3. The van der Waals surface area contributed by atoms with Gasteiger partial charge in [0.25, 0.3) is 0 Å². The molecular formula is C19H28N6O3. The molecule has 3 heterocycles. The molecule has 28 heavy (non-hydrogen) atoms. The molecule has 2 aromatic heterocycles. The van der Waals surface area contributed by atoms with Crippen molar-refractivity contribution in [3.05, 3.63) is 30.4 Å². The van der Waals surface area contributed by atoms with Gasteiger partial charge in [0, 0.05) is 65.8 Å². The quantitative estimate of drug-likeness (QED) is 0.557. The predicted octanol–water partition coefficient (Wildman–Crippen LogP) is 1.20. The first-order valence-electron chi connectivity index (χ1n) is 9.55. The Balaban J connectivity index is 1.54. The van der Waals surface area contributed by atoms with Gasteiger partial charge in [-0.3, -0.25) is 0 Å². The van der Waals surface area contributed by atoms with Crippen molar-refractivity contribution in [3.8, 4) is 6.01 Å². The van der Waals surface area contributed by atoms with Crippen LogP contribution in [0, 0.1) is 0 Å².